The van der Waals surface area contributed by atoms with Crippen molar-refractivity contribution < 1.29 is 9.59 Å². The van der Waals surface area contributed by atoms with Crippen molar-refractivity contribution in [3.63, 3.8) is 0 Å². The van der Waals surface area contributed by atoms with Gasteiger partial charge in [-0.25, -0.2) is 4.98 Å². The first kappa shape index (κ1) is 28.3. The number of hydrogen-bond donors (Lipinski definition) is 2. The summed E-state index contributed by atoms with van der Waals surface area (Å²) in [6.07, 6.45) is 7.36. The van der Waals surface area contributed by atoms with E-state index in [9.17, 15) is 9.59 Å². The van der Waals surface area contributed by atoms with Crippen LogP contribution in [0.2, 0.25) is 0 Å². The summed E-state index contributed by atoms with van der Waals surface area (Å²) in [6.45, 7) is 5.79. The van der Waals surface area contributed by atoms with Crippen molar-refractivity contribution in [3.05, 3.63) is 84.4 Å². The van der Waals surface area contributed by atoms with Crippen LogP contribution in [-0.4, -0.2) is 87.3 Å². The molecule has 2 aromatic carbocycles. The molecule has 1 aliphatic heterocycles. The van der Waals surface area contributed by atoms with Crippen LogP contribution in [-0.2, 0) is 18.3 Å². The van der Waals surface area contributed by atoms with Crippen LogP contribution in [0.3, 0.4) is 0 Å². The lowest BCUT2D eigenvalue weighted by Gasteiger charge is -2.32. The Morgan fingerprint density at radius 3 is 2.49 bits per heavy atom. The van der Waals surface area contributed by atoms with E-state index in [1.165, 1.54) is 0 Å². The van der Waals surface area contributed by atoms with Gasteiger partial charge in [-0.2, -0.15) is 5.10 Å². The van der Waals surface area contributed by atoms with Gasteiger partial charge < -0.3 is 10.2 Å². The molecular weight excluding hydrogens is 516 g/mol. The fourth-order valence-electron chi connectivity index (χ4n) is 4.95. The molecule has 41 heavy (non-hydrogen) atoms. The van der Waals surface area contributed by atoms with Crippen molar-refractivity contribution in [2.45, 2.75) is 19.3 Å². The summed E-state index contributed by atoms with van der Waals surface area (Å²) >= 11 is 0. The Morgan fingerprint density at radius 2 is 1.73 bits per heavy atom. The minimum Gasteiger partial charge on any atom is -0.355 e. The van der Waals surface area contributed by atoms with Gasteiger partial charge in [0, 0.05) is 81.9 Å². The fraction of sp³-hybridized carbons (Fsp3) is 0.355. The third-order valence-corrected chi connectivity index (χ3v) is 7.36. The van der Waals surface area contributed by atoms with Crippen LogP contribution in [0.15, 0.2) is 73.2 Å². The van der Waals surface area contributed by atoms with Gasteiger partial charge in [0.1, 0.15) is 0 Å². The molecule has 2 aromatic heterocycles. The highest BCUT2D eigenvalue weighted by Gasteiger charge is 2.16. The third kappa shape index (κ3) is 7.68. The molecule has 0 atom stereocenters. The number of nitrogens with zero attached hydrogens (tertiary/aromatic N) is 6. The minimum absolute atomic E-state index is 0.0589. The number of hydrogen-bond acceptors (Lipinski definition) is 6. The van der Waals surface area contributed by atoms with Crippen molar-refractivity contribution in [2.24, 2.45) is 7.05 Å². The number of likely N-dealkylation sites (N-methyl/N-ethyl adjacent to an activating group) is 1. The van der Waals surface area contributed by atoms with E-state index in [0.29, 0.717) is 37.3 Å². The molecule has 10 heteroatoms. The lowest BCUT2D eigenvalue weighted by molar-refractivity contribution is -0.121. The zero-order chi connectivity index (χ0) is 28.6. The second kappa shape index (κ2) is 13.4. The first-order chi connectivity index (χ1) is 19.9. The van der Waals surface area contributed by atoms with E-state index in [1.54, 1.807) is 16.9 Å². The maximum absolute atomic E-state index is 13.3. The molecule has 2 amide bonds. The Bertz CT molecular complexity index is 1450. The number of nitrogens with one attached hydrogen (secondary N) is 2. The van der Waals surface area contributed by atoms with Gasteiger partial charge in [-0.1, -0.05) is 30.3 Å². The van der Waals surface area contributed by atoms with Gasteiger partial charge in [-0.15, -0.1) is 0 Å². The molecule has 4 aromatic rings. The molecule has 3 heterocycles. The van der Waals surface area contributed by atoms with Crippen molar-refractivity contribution in [1.82, 2.24) is 34.4 Å². The van der Waals surface area contributed by atoms with Crippen LogP contribution in [0.4, 0.5) is 5.95 Å². The molecule has 0 radical (unpaired) electrons. The molecule has 10 nitrogen and oxygen atoms in total. The number of rotatable bonds is 11. The number of benzene rings is 2. The normalized spacial score (nSPS) is 14.2. The summed E-state index contributed by atoms with van der Waals surface area (Å²) in [4.78, 5) is 35.2. The van der Waals surface area contributed by atoms with Gasteiger partial charge in [0.25, 0.3) is 5.91 Å². The van der Waals surface area contributed by atoms with E-state index < -0.39 is 0 Å². The molecule has 0 unspecified atom stereocenters. The number of aryl methyl sites for hydroxylation is 2. The van der Waals surface area contributed by atoms with Crippen LogP contribution in [0.5, 0.6) is 0 Å². The minimum atomic E-state index is -0.246. The Labute approximate surface area is 241 Å². The lowest BCUT2D eigenvalue weighted by Crippen LogP contribution is -2.46. The van der Waals surface area contributed by atoms with Crippen LogP contribution < -0.4 is 10.6 Å². The average molecular weight is 555 g/mol. The van der Waals surface area contributed by atoms with Gasteiger partial charge in [-0.05, 0) is 49.7 Å². The maximum Gasteiger partial charge on any atom is 0.258 e. The second-order valence-corrected chi connectivity index (χ2v) is 10.5. The number of piperazine rings is 1. The molecule has 5 rings (SSSR count). The number of aromatic nitrogens is 4. The molecule has 1 saturated heterocycles. The van der Waals surface area contributed by atoms with E-state index in [4.69, 9.17) is 4.98 Å². The Hall–Kier alpha value is -4.28. The Morgan fingerprint density at radius 1 is 0.927 bits per heavy atom. The molecule has 1 aliphatic rings. The van der Waals surface area contributed by atoms with Crippen molar-refractivity contribution >= 4 is 17.8 Å². The lowest BCUT2D eigenvalue weighted by atomic mass is 10.1. The number of para-hydroxylation sites is 1. The summed E-state index contributed by atoms with van der Waals surface area (Å²) < 4.78 is 3.62. The summed E-state index contributed by atoms with van der Waals surface area (Å²) in [5.74, 6) is 0.257. The topological polar surface area (TPSA) is 100 Å². The third-order valence-electron chi connectivity index (χ3n) is 7.36. The SMILES string of the molecule is CN1CCN(CCNC(=O)CCCc2cn(-c3ccccc3)c(NC(=O)c3cccc(-c4cnn(C)c4)c3)n2)CC1. The maximum atomic E-state index is 13.3. The number of amides is 2. The number of carbonyl (C=O) groups excluding carboxylic acids is 2. The molecule has 2 N–H and O–H groups in total. The average Bonchev–Trinajstić information content (AvgIpc) is 3.60. The monoisotopic (exact) mass is 554 g/mol. The van der Waals surface area contributed by atoms with E-state index in [0.717, 1.165) is 55.2 Å². The highest BCUT2D eigenvalue weighted by Crippen LogP contribution is 2.22. The molecular formula is C31H38N8O2. The number of imidazole rings is 1. The summed E-state index contributed by atoms with van der Waals surface area (Å²) in [5.41, 5.74) is 4.10. The number of anilines is 1. The van der Waals surface area contributed by atoms with Gasteiger partial charge in [0.05, 0.1) is 11.9 Å². The van der Waals surface area contributed by atoms with Gasteiger partial charge >= 0.3 is 0 Å². The highest BCUT2D eigenvalue weighted by molar-refractivity contribution is 6.04. The predicted octanol–water partition coefficient (Wildman–Crippen LogP) is 3.21. The largest absolute Gasteiger partial charge is 0.355 e. The zero-order valence-corrected chi connectivity index (χ0v) is 23.8. The Balaban J connectivity index is 1.19. The van der Waals surface area contributed by atoms with Crippen molar-refractivity contribution in [3.8, 4) is 16.8 Å². The molecule has 214 valence electrons. The van der Waals surface area contributed by atoms with E-state index in [1.807, 2.05) is 72.5 Å². The fourth-order valence-corrected chi connectivity index (χ4v) is 4.95. The predicted molar refractivity (Wildman–Crippen MR) is 160 cm³/mol. The van der Waals surface area contributed by atoms with Gasteiger partial charge in [0.15, 0.2) is 0 Å². The number of carbonyl (C=O) groups is 2. The second-order valence-electron chi connectivity index (χ2n) is 10.5. The van der Waals surface area contributed by atoms with Crippen molar-refractivity contribution in [2.75, 3.05) is 51.6 Å². The van der Waals surface area contributed by atoms with Crippen LogP contribution in [0, 0.1) is 0 Å². The molecule has 0 saturated carbocycles. The van der Waals surface area contributed by atoms with E-state index in [2.05, 4.69) is 32.6 Å². The van der Waals surface area contributed by atoms with Crippen molar-refractivity contribution in [1.29, 1.82) is 0 Å². The van der Waals surface area contributed by atoms with Gasteiger partial charge in [-0.3, -0.25) is 29.1 Å². The molecule has 1 fully saturated rings. The highest BCUT2D eigenvalue weighted by atomic mass is 16.2. The Kier molecular flexibility index (Phi) is 9.22. The van der Waals surface area contributed by atoms with Crippen LogP contribution in [0.25, 0.3) is 16.8 Å². The first-order valence-corrected chi connectivity index (χ1v) is 14.2. The standard InChI is InChI=1S/C31H38N8O2/c1-36-16-18-38(19-17-36)15-14-32-29(40)13-7-10-27-23-39(28-11-4-3-5-12-28)31(34-27)35-30(41)25-9-6-8-24(20-25)26-21-33-37(2)22-26/h3-6,8-9,11-12,20-23H,7,10,13-19H2,1-2H3,(H,32,40)(H,34,35,41). The first-order valence-electron chi connectivity index (χ1n) is 14.2. The van der Waals surface area contributed by atoms with Crippen LogP contribution >= 0.6 is 0 Å². The molecule has 0 aliphatic carbocycles. The van der Waals surface area contributed by atoms with E-state index in [-0.39, 0.29) is 11.8 Å². The molecule has 0 spiro atoms. The smallest absolute Gasteiger partial charge is 0.258 e. The van der Waals surface area contributed by atoms with E-state index >= 15 is 0 Å². The summed E-state index contributed by atoms with van der Waals surface area (Å²) in [7, 11) is 4.00. The van der Waals surface area contributed by atoms with Crippen LogP contribution in [0.1, 0.15) is 28.9 Å². The quantitative estimate of drug-likeness (QED) is 0.295. The summed E-state index contributed by atoms with van der Waals surface area (Å²) in [6, 6.07) is 17.2. The molecule has 0 bridgehead atoms. The van der Waals surface area contributed by atoms with Gasteiger partial charge in [0.2, 0.25) is 11.9 Å². The zero-order valence-electron chi connectivity index (χ0n) is 23.8. The summed E-state index contributed by atoms with van der Waals surface area (Å²) in [5, 5.41) is 10.3.